The zero-order valence-electron chi connectivity index (χ0n) is 12.0. The summed E-state index contributed by atoms with van der Waals surface area (Å²) in [5.74, 6) is 0.629. The van der Waals surface area contributed by atoms with E-state index in [9.17, 15) is 4.79 Å². The molecule has 0 radical (unpaired) electrons. The number of anilines is 1. The number of nitrogens with zero attached hydrogens (tertiary/aromatic N) is 3. The highest BCUT2D eigenvalue weighted by Crippen LogP contribution is 2.12. The van der Waals surface area contributed by atoms with Gasteiger partial charge in [-0.25, -0.2) is 4.68 Å². The number of aliphatic hydroxyl groups is 1. The minimum absolute atomic E-state index is 0.0667. The molecule has 1 heterocycles. The summed E-state index contributed by atoms with van der Waals surface area (Å²) in [5.41, 5.74) is 0. The van der Waals surface area contributed by atoms with Crippen LogP contribution in [0.15, 0.2) is 12.3 Å². The lowest BCUT2D eigenvalue weighted by Crippen LogP contribution is -2.36. The molecule has 0 spiro atoms. The van der Waals surface area contributed by atoms with Gasteiger partial charge in [-0.2, -0.15) is 5.10 Å². The van der Waals surface area contributed by atoms with E-state index in [0.29, 0.717) is 12.4 Å². The number of nitrogens with one attached hydrogen (secondary N) is 1. The number of amides is 1. The highest BCUT2D eigenvalue weighted by atomic mass is 16.3. The van der Waals surface area contributed by atoms with Crippen molar-refractivity contribution < 1.29 is 9.90 Å². The van der Waals surface area contributed by atoms with Crippen molar-refractivity contribution in [1.82, 2.24) is 14.7 Å². The molecule has 1 rings (SSSR count). The van der Waals surface area contributed by atoms with E-state index in [2.05, 4.69) is 17.3 Å². The van der Waals surface area contributed by atoms with E-state index in [1.54, 1.807) is 16.9 Å². The topological polar surface area (TPSA) is 70.4 Å². The Morgan fingerprint density at radius 3 is 2.84 bits per heavy atom. The zero-order valence-corrected chi connectivity index (χ0v) is 12.0. The third-order valence-electron chi connectivity index (χ3n) is 2.75. The van der Waals surface area contributed by atoms with Gasteiger partial charge in [-0.05, 0) is 26.8 Å². The average molecular weight is 268 g/mol. The second-order valence-corrected chi connectivity index (χ2v) is 4.80. The summed E-state index contributed by atoms with van der Waals surface area (Å²) in [5, 5.41) is 16.0. The number of aliphatic hydroxyl groups excluding tert-OH is 1. The van der Waals surface area contributed by atoms with Crippen LogP contribution < -0.4 is 5.32 Å². The highest BCUT2D eigenvalue weighted by Gasteiger charge is 2.12. The van der Waals surface area contributed by atoms with Gasteiger partial charge in [-0.1, -0.05) is 6.92 Å². The Kier molecular flexibility index (Phi) is 6.52. The zero-order chi connectivity index (χ0) is 14.3. The molecule has 0 aromatic carbocycles. The normalized spacial score (nSPS) is 11.3. The molecule has 0 saturated carbocycles. The first-order valence-corrected chi connectivity index (χ1v) is 6.75. The van der Waals surface area contributed by atoms with E-state index >= 15 is 0 Å². The molecule has 108 valence electrons. The number of hydrogen-bond acceptors (Lipinski definition) is 4. The van der Waals surface area contributed by atoms with Gasteiger partial charge in [-0.3, -0.25) is 9.69 Å². The lowest BCUT2D eigenvalue weighted by molar-refractivity contribution is -0.117. The quantitative estimate of drug-likeness (QED) is 0.741. The van der Waals surface area contributed by atoms with Gasteiger partial charge in [0.2, 0.25) is 5.91 Å². The molecule has 0 aliphatic heterocycles. The first kappa shape index (κ1) is 15.7. The molecule has 0 aliphatic carbocycles. The molecule has 2 N–H and O–H groups in total. The summed E-state index contributed by atoms with van der Waals surface area (Å²) >= 11 is 0. The van der Waals surface area contributed by atoms with Crippen molar-refractivity contribution in [3.8, 4) is 0 Å². The highest BCUT2D eigenvalue weighted by molar-refractivity contribution is 5.91. The molecule has 6 heteroatoms. The van der Waals surface area contributed by atoms with Crippen molar-refractivity contribution in [1.29, 1.82) is 0 Å². The minimum atomic E-state index is -0.0794. The van der Waals surface area contributed by atoms with Gasteiger partial charge >= 0.3 is 0 Å². The molecule has 1 amide bonds. The summed E-state index contributed by atoms with van der Waals surface area (Å²) in [6.45, 7) is 7.75. The Bertz CT molecular complexity index is 384. The van der Waals surface area contributed by atoms with E-state index in [1.807, 2.05) is 18.7 Å². The third-order valence-corrected chi connectivity index (χ3v) is 2.75. The van der Waals surface area contributed by atoms with Gasteiger partial charge in [0.15, 0.2) is 0 Å². The van der Waals surface area contributed by atoms with Gasteiger partial charge in [0.1, 0.15) is 5.82 Å². The molecule has 0 aliphatic rings. The van der Waals surface area contributed by atoms with E-state index in [1.165, 1.54) is 0 Å². The van der Waals surface area contributed by atoms with Gasteiger partial charge in [0.25, 0.3) is 0 Å². The molecule has 0 unspecified atom stereocenters. The van der Waals surface area contributed by atoms with E-state index in [4.69, 9.17) is 5.11 Å². The fraction of sp³-hybridized carbons (Fsp3) is 0.692. The number of rotatable bonds is 8. The number of carbonyl (C=O) groups excluding carboxylic acids is 1. The Morgan fingerprint density at radius 2 is 2.26 bits per heavy atom. The summed E-state index contributed by atoms with van der Waals surface area (Å²) in [6.07, 6.45) is 2.63. The van der Waals surface area contributed by atoms with Crippen LogP contribution in [0.25, 0.3) is 0 Å². The maximum Gasteiger partial charge on any atom is 0.239 e. The molecule has 0 atom stereocenters. The first-order valence-electron chi connectivity index (χ1n) is 6.75. The molecule has 1 aromatic rings. The third kappa shape index (κ3) is 5.00. The van der Waals surface area contributed by atoms with Crippen molar-refractivity contribution >= 4 is 11.7 Å². The fourth-order valence-electron chi connectivity index (χ4n) is 1.94. The van der Waals surface area contributed by atoms with Crippen LogP contribution in [0.4, 0.5) is 5.82 Å². The fourth-order valence-corrected chi connectivity index (χ4v) is 1.94. The largest absolute Gasteiger partial charge is 0.395 e. The van der Waals surface area contributed by atoms with Crippen molar-refractivity contribution in [2.45, 2.75) is 33.2 Å². The summed E-state index contributed by atoms with van der Waals surface area (Å²) < 4.78 is 1.77. The SMILES string of the molecule is CCCN(CCO)CC(=O)Nc1ccnn1C(C)C. The maximum atomic E-state index is 12.0. The smallest absolute Gasteiger partial charge is 0.239 e. The number of carbonyl (C=O) groups is 1. The Labute approximate surface area is 114 Å². The predicted octanol–water partition coefficient (Wildman–Crippen LogP) is 1.11. The van der Waals surface area contributed by atoms with Gasteiger partial charge in [0.05, 0.1) is 19.3 Å². The Hall–Kier alpha value is -1.40. The predicted molar refractivity (Wildman–Crippen MR) is 75.1 cm³/mol. The molecular formula is C13H24N4O2. The second-order valence-electron chi connectivity index (χ2n) is 4.80. The van der Waals surface area contributed by atoms with Crippen LogP contribution in [-0.2, 0) is 4.79 Å². The van der Waals surface area contributed by atoms with Gasteiger partial charge in [-0.15, -0.1) is 0 Å². The first-order chi connectivity index (χ1) is 9.08. The Morgan fingerprint density at radius 1 is 1.53 bits per heavy atom. The van der Waals surface area contributed by atoms with Crippen LogP contribution in [-0.4, -0.2) is 51.9 Å². The molecule has 19 heavy (non-hydrogen) atoms. The Balaban J connectivity index is 2.56. The minimum Gasteiger partial charge on any atom is -0.395 e. The van der Waals surface area contributed by atoms with E-state index in [0.717, 1.165) is 13.0 Å². The van der Waals surface area contributed by atoms with Gasteiger partial charge in [0, 0.05) is 18.7 Å². The number of hydrogen-bond donors (Lipinski definition) is 2. The lowest BCUT2D eigenvalue weighted by Gasteiger charge is -2.20. The van der Waals surface area contributed by atoms with Crippen LogP contribution in [0.1, 0.15) is 33.2 Å². The van der Waals surface area contributed by atoms with Crippen molar-refractivity contribution in [3.63, 3.8) is 0 Å². The standard InChI is InChI=1S/C13H24N4O2/c1-4-7-16(8-9-18)10-13(19)15-12-5-6-14-17(12)11(2)3/h5-6,11,18H,4,7-10H2,1-3H3,(H,15,19). The molecule has 6 nitrogen and oxygen atoms in total. The summed E-state index contributed by atoms with van der Waals surface area (Å²) in [7, 11) is 0. The monoisotopic (exact) mass is 268 g/mol. The van der Waals surface area contributed by atoms with Crippen LogP contribution in [0.2, 0.25) is 0 Å². The molecule has 0 saturated heterocycles. The molecule has 0 bridgehead atoms. The van der Waals surface area contributed by atoms with Gasteiger partial charge < -0.3 is 10.4 Å². The maximum absolute atomic E-state index is 12.0. The molecule has 0 fully saturated rings. The molecular weight excluding hydrogens is 244 g/mol. The van der Waals surface area contributed by atoms with Crippen molar-refractivity contribution in [3.05, 3.63) is 12.3 Å². The summed E-state index contributed by atoms with van der Waals surface area (Å²) in [4.78, 5) is 13.9. The molecule has 1 aromatic heterocycles. The average Bonchev–Trinajstić information content (AvgIpc) is 2.77. The van der Waals surface area contributed by atoms with Crippen LogP contribution in [0, 0.1) is 0 Å². The number of aromatic nitrogens is 2. The van der Waals surface area contributed by atoms with Crippen LogP contribution in [0.3, 0.4) is 0 Å². The lowest BCUT2D eigenvalue weighted by atomic mass is 10.3. The van der Waals surface area contributed by atoms with Crippen molar-refractivity contribution in [2.24, 2.45) is 0 Å². The second kappa shape index (κ2) is 7.91. The van der Waals surface area contributed by atoms with E-state index in [-0.39, 0.29) is 25.1 Å². The summed E-state index contributed by atoms with van der Waals surface area (Å²) in [6, 6.07) is 1.99. The van der Waals surface area contributed by atoms with Crippen LogP contribution in [0.5, 0.6) is 0 Å². The van der Waals surface area contributed by atoms with E-state index < -0.39 is 0 Å². The van der Waals surface area contributed by atoms with Crippen LogP contribution >= 0.6 is 0 Å². The van der Waals surface area contributed by atoms with Crippen molar-refractivity contribution in [2.75, 3.05) is 31.6 Å².